The van der Waals surface area contributed by atoms with Crippen molar-refractivity contribution >= 4 is 22.8 Å². The van der Waals surface area contributed by atoms with Crippen molar-refractivity contribution in [3.05, 3.63) is 35.9 Å². The summed E-state index contributed by atoms with van der Waals surface area (Å²) in [6.07, 6.45) is 1.55. The molecule has 1 rings (SSSR count). The lowest BCUT2D eigenvalue weighted by Crippen LogP contribution is -2.43. The fourth-order valence-electron chi connectivity index (χ4n) is 1.47. The molecule has 0 aliphatic heterocycles. The van der Waals surface area contributed by atoms with E-state index in [0.717, 1.165) is 0 Å². The molecule has 6 nitrogen and oxygen atoms in total. The maximum atomic E-state index is 11.7. The van der Waals surface area contributed by atoms with Gasteiger partial charge in [0.15, 0.2) is 6.04 Å². The Balaban J connectivity index is 2.61. The summed E-state index contributed by atoms with van der Waals surface area (Å²) in [5.74, 6) is -1.14. The molecule has 0 bridgehead atoms. The summed E-state index contributed by atoms with van der Waals surface area (Å²) in [4.78, 5) is 22.9. The Kier molecular flexibility index (Phi) is 6.17. The Hall–Kier alpha value is -1.89. The molecule has 0 aromatic heterocycles. The van der Waals surface area contributed by atoms with Gasteiger partial charge in [-0.3, -0.25) is 4.21 Å². The van der Waals surface area contributed by atoms with Crippen molar-refractivity contribution < 1.29 is 18.9 Å². The zero-order chi connectivity index (χ0) is 15.1. The number of urea groups is 1. The van der Waals surface area contributed by atoms with Crippen LogP contribution >= 0.6 is 0 Å². The van der Waals surface area contributed by atoms with Crippen molar-refractivity contribution in [1.82, 2.24) is 10.6 Å². The van der Waals surface area contributed by atoms with E-state index in [0.29, 0.717) is 5.56 Å². The number of aliphatic carboxylic acids is 1. The predicted molar refractivity (Wildman–Crippen MR) is 76.9 cm³/mol. The Labute approximate surface area is 120 Å². The number of benzene rings is 1. The molecular weight excluding hydrogens is 280 g/mol. The van der Waals surface area contributed by atoms with Gasteiger partial charge in [-0.25, -0.2) is 9.59 Å². The molecule has 1 aromatic carbocycles. The molecule has 0 saturated heterocycles. The minimum Gasteiger partial charge on any atom is -0.479 e. The second-order valence-electron chi connectivity index (χ2n) is 4.35. The highest BCUT2D eigenvalue weighted by Crippen LogP contribution is 2.12. The highest BCUT2D eigenvalue weighted by Gasteiger charge is 2.21. The Bertz CT molecular complexity index is 492. The van der Waals surface area contributed by atoms with Crippen LogP contribution in [0.4, 0.5) is 4.79 Å². The fourth-order valence-corrected chi connectivity index (χ4v) is 1.79. The zero-order valence-electron chi connectivity index (χ0n) is 11.3. The summed E-state index contributed by atoms with van der Waals surface area (Å²) < 4.78 is 11.2. The van der Waals surface area contributed by atoms with Crippen molar-refractivity contribution in [2.45, 2.75) is 18.2 Å². The zero-order valence-corrected chi connectivity index (χ0v) is 12.1. The van der Waals surface area contributed by atoms with E-state index in [9.17, 15) is 13.8 Å². The highest BCUT2D eigenvalue weighted by molar-refractivity contribution is 7.84. The Morgan fingerprint density at radius 2 is 1.90 bits per heavy atom. The van der Waals surface area contributed by atoms with Gasteiger partial charge < -0.3 is 15.7 Å². The number of amides is 2. The lowest BCUT2D eigenvalue weighted by Gasteiger charge is -2.16. The molecule has 20 heavy (non-hydrogen) atoms. The Morgan fingerprint density at radius 3 is 2.40 bits per heavy atom. The van der Waals surface area contributed by atoms with Crippen LogP contribution in [0.3, 0.4) is 0 Å². The molecule has 110 valence electrons. The molecule has 0 spiro atoms. The summed E-state index contributed by atoms with van der Waals surface area (Å²) in [6.45, 7) is 1.96. The summed E-state index contributed by atoms with van der Waals surface area (Å²) in [5, 5.41) is 13.8. The lowest BCUT2D eigenvalue weighted by atomic mass is 10.1. The van der Waals surface area contributed by atoms with Crippen LogP contribution in [0.5, 0.6) is 0 Å². The molecule has 0 radical (unpaired) electrons. The number of carbonyl (C=O) groups is 2. The van der Waals surface area contributed by atoms with Crippen molar-refractivity contribution in [1.29, 1.82) is 0 Å². The quantitative estimate of drug-likeness (QED) is 0.726. The molecule has 0 heterocycles. The number of carboxylic acids is 1. The van der Waals surface area contributed by atoms with Crippen LogP contribution in [0, 0.1) is 0 Å². The van der Waals surface area contributed by atoms with E-state index in [4.69, 9.17) is 5.11 Å². The second kappa shape index (κ2) is 7.64. The standard InChI is InChI=1S/C13H18N2O4S/c1-9(20(2)19)8-14-13(18)15-11(12(16)17)10-6-4-3-5-7-10/h3-7,9,11H,8H2,1-2H3,(H,16,17)(H2,14,15,18). The summed E-state index contributed by atoms with van der Waals surface area (Å²) in [5.41, 5.74) is 0.488. The molecule has 3 N–H and O–H groups in total. The number of carbonyl (C=O) groups excluding carboxylic acids is 1. The summed E-state index contributed by atoms with van der Waals surface area (Å²) in [7, 11) is -1.04. The maximum absolute atomic E-state index is 11.7. The van der Waals surface area contributed by atoms with Gasteiger partial charge in [0.1, 0.15) is 0 Å². The average Bonchev–Trinajstić information content (AvgIpc) is 2.42. The van der Waals surface area contributed by atoms with Crippen LogP contribution in [0.15, 0.2) is 30.3 Å². The molecule has 0 saturated carbocycles. The third-order valence-corrected chi connectivity index (χ3v) is 4.07. The largest absolute Gasteiger partial charge is 0.479 e. The van der Waals surface area contributed by atoms with Crippen molar-refractivity contribution in [3.63, 3.8) is 0 Å². The smallest absolute Gasteiger partial charge is 0.330 e. The topological polar surface area (TPSA) is 95.5 Å². The SMILES string of the molecule is CC(CNC(=O)NC(C(=O)O)c1ccccc1)S(C)=O. The van der Waals surface area contributed by atoms with Gasteiger partial charge in [-0.05, 0) is 12.5 Å². The van der Waals surface area contributed by atoms with E-state index in [2.05, 4.69) is 10.6 Å². The summed E-state index contributed by atoms with van der Waals surface area (Å²) >= 11 is 0. The van der Waals surface area contributed by atoms with E-state index in [1.807, 2.05) is 0 Å². The molecule has 7 heteroatoms. The molecule has 3 unspecified atom stereocenters. The fraction of sp³-hybridized carbons (Fsp3) is 0.385. The third kappa shape index (κ3) is 5.00. The summed E-state index contributed by atoms with van der Waals surface area (Å²) in [6, 6.07) is 6.71. The first-order valence-electron chi connectivity index (χ1n) is 6.06. The second-order valence-corrected chi connectivity index (χ2v) is 6.15. The van der Waals surface area contributed by atoms with E-state index >= 15 is 0 Å². The van der Waals surface area contributed by atoms with E-state index < -0.39 is 28.8 Å². The predicted octanol–water partition coefficient (Wildman–Crippen LogP) is 0.878. The number of hydrogen-bond donors (Lipinski definition) is 3. The molecule has 0 aliphatic carbocycles. The first-order valence-corrected chi connectivity index (χ1v) is 7.68. The van der Waals surface area contributed by atoms with Crippen LogP contribution in [0.2, 0.25) is 0 Å². The van der Waals surface area contributed by atoms with Crippen LogP contribution in [-0.2, 0) is 15.6 Å². The van der Waals surface area contributed by atoms with E-state index in [-0.39, 0.29) is 11.8 Å². The Morgan fingerprint density at radius 1 is 1.30 bits per heavy atom. The van der Waals surface area contributed by atoms with E-state index in [1.165, 1.54) is 0 Å². The van der Waals surface area contributed by atoms with E-state index in [1.54, 1.807) is 43.5 Å². The van der Waals surface area contributed by atoms with Gasteiger partial charge in [0.2, 0.25) is 0 Å². The highest BCUT2D eigenvalue weighted by atomic mass is 32.2. The van der Waals surface area contributed by atoms with Crippen LogP contribution in [-0.4, -0.2) is 39.4 Å². The van der Waals surface area contributed by atoms with Crippen molar-refractivity contribution in [2.24, 2.45) is 0 Å². The minimum absolute atomic E-state index is 0.194. The minimum atomic E-state index is -1.14. The molecule has 3 atom stereocenters. The van der Waals surface area contributed by atoms with Crippen molar-refractivity contribution in [3.8, 4) is 0 Å². The number of hydrogen-bond acceptors (Lipinski definition) is 3. The first kappa shape index (κ1) is 16.2. The monoisotopic (exact) mass is 298 g/mol. The van der Waals surface area contributed by atoms with Crippen LogP contribution in [0.1, 0.15) is 18.5 Å². The van der Waals surface area contributed by atoms with Gasteiger partial charge in [-0.15, -0.1) is 0 Å². The number of rotatable bonds is 6. The number of carboxylic acid groups (broad SMARTS) is 1. The maximum Gasteiger partial charge on any atom is 0.330 e. The lowest BCUT2D eigenvalue weighted by molar-refractivity contribution is -0.139. The molecule has 0 fully saturated rings. The third-order valence-electron chi connectivity index (χ3n) is 2.77. The molecule has 1 aromatic rings. The van der Waals surface area contributed by atoms with Gasteiger partial charge in [-0.2, -0.15) is 0 Å². The first-order chi connectivity index (χ1) is 9.41. The number of nitrogens with one attached hydrogen (secondary N) is 2. The van der Waals surface area contributed by atoms with Crippen molar-refractivity contribution in [2.75, 3.05) is 12.8 Å². The van der Waals surface area contributed by atoms with Gasteiger partial charge in [0.05, 0.1) is 0 Å². The normalized spacial score (nSPS) is 14.9. The van der Waals surface area contributed by atoms with Gasteiger partial charge in [-0.1, -0.05) is 30.3 Å². The van der Waals surface area contributed by atoms with Crippen LogP contribution < -0.4 is 10.6 Å². The molecule has 0 aliphatic rings. The average molecular weight is 298 g/mol. The van der Waals surface area contributed by atoms with Gasteiger partial charge in [0, 0.05) is 28.9 Å². The van der Waals surface area contributed by atoms with Gasteiger partial charge in [0.25, 0.3) is 0 Å². The van der Waals surface area contributed by atoms with Gasteiger partial charge >= 0.3 is 12.0 Å². The molecule has 2 amide bonds. The molecular formula is C13H18N2O4S. The van der Waals surface area contributed by atoms with Crippen LogP contribution in [0.25, 0.3) is 0 Å².